The van der Waals surface area contributed by atoms with Gasteiger partial charge in [-0.1, -0.05) is 17.7 Å². The van der Waals surface area contributed by atoms with Crippen LogP contribution in [0.1, 0.15) is 10.4 Å². The summed E-state index contributed by atoms with van der Waals surface area (Å²) in [5.41, 5.74) is 5.86. The number of rotatable bonds is 2. The van der Waals surface area contributed by atoms with Gasteiger partial charge in [-0.05, 0) is 24.3 Å². The zero-order chi connectivity index (χ0) is 12.3. The largest absolute Gasteiger partial charge is 0.368 e. The summed E-state index contributed by atoms with van der Waals surface area (Å²) < 4.78 is 0. The lowest BCUT2D eigenvalue weighted by atomic mass is 10.2. The summed E-state index contributed by atoms with van der Waals surface area (Å²) >= 11 is 5.79. The fourth-order valence-corrected chi connectivity index (χ4v) is 1.45. The molecule has 5 nitrogen and oxygen atoms in total. The first kappa shape index (κ1) is 11.3. The molecule has 0 unspecified atom stereocenters. The number of amides is 1. The number of nitrogens with two attached hydrogens (primary N) is 1. The van der Waals surface area contributed by atoms with Crippen LogP contribution in [0.25, 0.3) is 0 Å². The van der Waals surface area contributed by atoms with Crippen molar-refractivity contribution in [2.24, 2.45) is 0 Å². The maximum atomic E-state index is 11.8. The van der Waals surface area contributed by atoms with Gasteiger partial charge in [0.1, 0.15) is 5.82 Å². The number of carbonyl (C=O) groups excluding carboxylic acids is 1. The maximum Gasteiger partial charge on any atom is 0.256 e. The number of benzene rings is 1. The Morgan fingerprint density at radius 2 is 2.18 bits per heavy atom. The van der Waals surface area contributed by atoms with E-state index in [1.807, 2.05) is 0 Å². The van der Waals surface area contributed by atoms with E-state index in [0.717, 1.165) is 0 Å². The van der Waals surface area contributed by atoms with Crippen LogP contribution in [-0.2, 0) is 0 Å². The molecule has 0 spiro atoms. The van der Waals surface area contributed by atoms with Gasteiger partial charge < -0.3 is 11.1 Å². The van der Waals surface area contributed by atoms with Crippen LogP contribution >= 0.6 is 11.6 Å². The minimum absolute atomic E-state index is 0.105. The highest BCUT2D eigenvalue weighted by Gasteiger charge is 2.07. The minimum atomic E-state index is -0.300. The Kier molecular flexibility index (Phi) is 3.20. The Bertz CT molecular complexity index is 559. The van der Waals surface area contributed by atoms with Crippen LogP contribution < -0.4 is 11.1 Å². The molecule has 1 aromatic heterocycles. The molecule has 0 saturated carbocycles. The normalized spacial score (nSPS) is 9.94. The zero-order valence-electron chi connectivity index (χ0n) is 8.72. The highest BCUT2D eigenvalue weighted by Crippen LogP contribution is 2.12. The third kappa shape index (κ3) is 2.92. The summed E-state index contributed by atoms with van der Waals surface area (Å²) in [6.07, 6.45) is 1.47. The molecule has 1 aromatic carbocycles. The fraction of sp³-hybridized carbons (Fsp3) is 0. The predicted molar refractivity (Wildman–Crippen MR) is 65.8 cm³/mol. The van der Waals surface area contributed by atoms with E-state index in [0.29, 0.717) is 16.4 Å². The summed E-state index contributed by atoms with van der Waals surface area (Å²) in [6, 6.07) is 8.18. The van der Waals surface area contributed by atoms with Gasteiger partial charge in [-0.2, -0.15) is 4.98 Å². The Hall–Kier alpha value is -2.14. The van der Waals surface area contributed by atoms with Gasteiger partial charge in [0.25, 0.3) is 5.91 Å². The van der Waals surface area contributed by atoms with Crippen molar-refractivity contribution in [3.05, 3.63) is 47.1 Å². The summed E-state index contributed by atoms with van der Waals surface area (Å²) in [7, 11) is 0. The number of aromatic nitrogens is 2. The Morgan fingerprint density at radius 3 is 2.88 bits per heavy atom. The van der Waals surface area contributed by atoms with Gasteiger partial charge in [0.15, 0.2) is 0 Å². The molecule has 0 aliphatic carbocycles. The van der Waals surface area contributed by atoms with E-state index >= 15 is 0 Å². The molecule has 0 radical (unpaired) electrons. The minimum Gasteiger partial charge on any atom is -0.368 e. The van der Waals surface area contributed by atoms with Crippen molar-refractivity contribution < 1.29 is 4.79 Å². The van der Waals surface area contributed by atoms with Crippen LogP contribution in [0.2, 0.25) is 5.02 Å². The van der Waals surface area contributed by atoms with Crippen molar-refractivity contribution in [2.75, 3.05) is 11.1 Å². The lowest BCUT2D eigenvalue weighted by molar-refractivity contribution is 0.102. The van der Waals surface area contributed by atoms with Crippen LogP contribution in [0.15, 0.2) is 36.5 Å². The lowest BCUT2D eigenvalue weighted by Gasteiger charge is -2.04. The summed E-state index contributed by atoms with van der Waals surface area (Å²) in [5.74, 6) is 0.155. The summed E-state index contributed by atoms with van der Waals surface area (Å²) in [5, 5.41) is 3.10. The highest BCUT2D eigenvalue weighted by atomic mass is 35.5. The van der Waals surface area contributed by atoms with Gasteiger partial charge in [0, 0.05) is 16.8 Å². The van der Waals surface area contributed by atoms with E-state index in [-0.39, 0.29) is 11.9 Å². The second-order valence-corrected chi connectivity index (χ2v) is 3.70. The molecule has 6 heteroatoms. The average Bonchev–Trinajstić information content (AvgIpc) is 2.29. The van der Waals surface area contributed by atoms with Crippen LogP contribution in [0.5, 0.6) is 0 Å². The topological polar surface area (TPSA) is 80.9 Å². The van der Waals surface area contributed by atoms with E-state index < -0.39 is 0 Å². The molecule has 0 aliphatic heterocycles. The first-order valence-corrected chi connectivity index (χ1v) is 5.18. The molecular formula is C11H9ClN4O. The number of halogens is 1. The molecule has 0 bridgehead atoms. The van der Waals surface area contributed by atoms with Gasteiger partial charge >= 0.3 is 0 Å². The van der Waals surface area contributed by atoms with Crippen LogP contribution in [-0.4, -0.2) is 15.9 Å². The number of anilines is 2. The van der Waals surface area contributed by atoms with E-state index in [2.05, 4.69) is 15.3 Å². The van der Waals surface area contributed by atoms with Gasteiger partial charge in [-0.3, -0.25) is 4.79 Å². The van der Waals surface area contributed by atoms with Crippen molar-refractivity contribution in [3.63, 3.8) is 0 Å². The number of carbonyl (C=O) groups is 1. The van der Waals surface area contributed by atoms with E-state index in [4.69, 9.17) is 17.3 Å². The number of nitrogens with one attached hydrogen (secondary N) is 1. The van der Waals surface area contributed by atoms with Crippen molar-refractivity contribution in [3.8, 4) is 0 Å². The van der Waals surface area contributed by atoms with E-state index in [9.17, 15) is 4.79 Å². The standard InChI is InChI=1S/C11H9ClN4O/c12-8-3-1-2-7(6-8)10(17)15-9-4-5-14-11(13)16-9/h1-6H,(H3,13,14,15,16,17). The fourth-order valence-electron chi connectivity index (χ4n) is 1.26. The van der Waals surface area contributed by atoms with Crippen LogP contribution in [0.4, 0.5) is 11.8 Å². The Labute approximate surface area is 103 Å². The predicted octanol–water partition coefficient (Wildman–Crippen LogP) is 1.96. The van der Waals surface area contributed by atoms with Gasteiger partial charge in [-0.25, -0.2) is 4.98 Å². The molecule has 17 heavy (non-hydrogen) atoms. The number of nitrogen functional groups attached to an aromatic ring is 1. The summed E-state index contributed by atoms with van der Waals surface area (Å²) in [6.45, 7) is 0. The van der Waals surface area contributed by atoms with Crippen molar-refractivity contribution in [2.45, 2.75) is 0 Å². The zero-order valence-corrected chi connectivity index (χ0v) is 9.48. The van der Waals surface area contributed by atoms with E-state index in [1.165, 1.54) is 6.20 Å². The van der Waals surface area contributed by atoms with Gasteiger partial charge in [0.05, 0.1) is 0 Å². The monoisotopic (exact) mass is 248 g/mol. The number of hydrogen-bond donors (Lipinski definition) is 2. The lowest BCUT2D eigenvalue weighted by Crippen LogP contribution is -2.13. The second-order valence-electron chi connectivity index (χ2n) is 3.26. The number of nitrogens with zero attached hydrogens (tertiary/aromatic N) is 2. The van der Waals surface area contributed by atoms with Crippen LogP contribution in [0.3, 0.4) is 0 Å². The average molecular weight is 249 g/mol. The molecule has 0 aliphatic rings. The maximum absolute atomic E-state index is 11.8. The highest BCUT2D eigenvalue weighted by molar-refractivity contribution is 6.31. The molecule has 1 amide bonds. The molecule has 0 fully saturated rings. The Morgan fingerprint density at radius 1 is 1.35 bits per heavy atom. The van der Waals surface area contributed by atoms with Crippen molar-refractivity contribution in [1.82, 2.24) is 9.97 Å². The third-order valence-corrected chi connectivity index (χ3v) is 2.24. The van der Waals surface area contributed by atoms with E-state index in [1.54, 1.807) is 30.3 Å². The van der Waals surface area contributed by atoms with Crippen LogP contribution in [0, 0.1) is 0 Å². The van der Waals surface area contributed by atoms with Gasteiger partial charge in [-0.15, -0.1) is 0 Å². The second kappa shape index (κ2) is 4.80. The molecule has 0 atom stereocenters. The third-order valence-electron chi connectivity index (χ3n) is 2.00. The molecule has 2 rings (SSSR count). The molecule has 86 valence electrons. The van der Waals surface area contributed by atoms with Crippen molar-refractivity contribution in [1.29, 1.82) is 0 Å². The molecule has 3 N–H and O–H groups in total. The first-order valence-electron chi connectivity index (χ1n) is 4.80. The quantitative estimate of drug-likeness (QED) is 0.851. The molecular weight excluding hydrogens is 240 g/mol. The Balaban J connectivity index is 2.17. The first-order chi connectivity index (χ1) is 8.15. The SMILES string of the molecule is Nc1nccc(NC(=O)c2cccc(Cl)c2)n1. The van der Waals surface area contributed by atoms with Gasteiger partial charge in [0.2, 0.25) is 5.95 Å². The number of hydrogen-bond acceptors (Lipinski definition) is 4. The molecule has 0 saturated heterocycles. The van der Waals surface area contributed by atoms with Crippen molar-refractivity contribution >= 4 is 29.3 Å². The summed E-state index contributed by atoms with van der Waals surface area (Å²) in [4.78, 5) is 19.4. The smallest absolute Gasteiger partial charge is 0.256 e. The molecule has 2 aromatic rings. The molecule has 1 heterocycles.